The normalized spacial score (nSPS) is 20.2. The Balaban J connectivity index is 2.21. The van der Waals surface area contributed by atoms with Gasteiger partial charge in [0.2, 0.25) is 0 Å². The minimum Gasteiger partial charge on any atom is -0.297 e. The zero-order valence-corrected chi connectivity index (χ0v) is 7.37. The van der Waals surface area contributed by atoms with E-state index in [1.807, 2.05) is 6.08 Å². The number of hydrogen-bond donors (Lipinski definition) is 0. The van der Waals surface area contributed by atoms with Crippen LogP contribution < -0.4 is 0 Å². The number of rotatable bonds is 3. The molecule has 1 aliphatic rings. The molecular weight excluding hydrogens is 150 g/mol. The second-order valence-electron chi connectivity index (χ2n) is 3.02. The Kier molecular flexibility index (Phi) is 3.78. The lowest BCUT2D eigenvalue weighted by Crippen LogP contribution is -2.46. The minimum atomic E-state index is 0.571. The van der Waals surface area contributed by atoms with Crippen molar-refractivity contribution in [1.29, 1.82) is 5.26 Å². The van der Waals surface area contributed by atoms with Gasteiger partial charge in [0.05, 0.1) is 12.6 Å². The van der Waals surface area contributed by atoms with E-state index in [2.05, 4.69) is 22.4 Å². The van der Waals surface area contributed by atoms with Gasteiger partial charge in [-0.25, -0.2) is 0 Å². The third-order valence-corrected chi connectivity index (χ3v) is 2.15. The highest BCUT2D eigenvalue weighted by atomic mass is 15.3. The summed E-state index contributed by atoms with van der Waals surface area (Å²) in [6.45, 7) is 9.40. The molecule has 0 bridgehead atoms. The van der Waals surface area contributed by atoms with Crippen molar-refractivity contribution < 1.29 is 0 Å². The van der Waals surface area contributed by atoms with Crippen LogP contribution in [-0.2, 0) is 0 Å². The van der Waals surface area contributed by atoms with Gasteiger partial charge in [0.1, 0.15) is 0 Å². The smallest absolute Gasteiger partial charge is 0.0866 e. The lowest BCUT2D eigenvalue weighted by molar-refractivity contribution is 0.155. The summed E-state index contributed by atoms with van der Waals surface area (Å²) in [4.78, 5) is 4.53. The van der Waals surface area contributed by atoms with Crippen molar-refractivity contribution in [1.82, 2.24) is 9.80 Å². The molecule has 3 heteroatoms. The van der Waals surface area contributed by atoms with E-state index >= 15 is 0 Å². The molecule has 0 saturated carbocycles. The number of nitriles is 1. The largest absolute Gasteiger partial charge is 0.297 e. The van der Waals surface area contributed by atoms with Crippen LogP contribution in [0.2, 0.25) is 0 Å². The quantitative estimate of drug-likeness (QED) is 0.445. The summed E-state index contributed by atoms with van der Waals surface area (Å²) in [6.07, 6.45) is 1.93. The van der Waals surface area contributed by atoms with Gasteiger partial charge in [-0.15, -0.1) is 6.58 Å². The molecule has 0 aromatic carbocycles. The first-order valence-corrected chi connectivity index (χ1v) is 4.29. The Morgan fingerprint density at radius 1 is 1.25 bits per heavy atom. The molecule has 1 aliphatic heterocycles. The van der Waals surface area contributed by atoms with Crippen molar-refractivity contribution in [2.45, 2.75) is 0 Å². The minimum absolute atomic E-state index is 0.571. The maximum Gasteiger partial charge on any atom is 0.0866 e. The maximum atomic E-state index is 8.47. The van der Waals surface area contributed by atoms with E-state index in [1.165, 1.54) is 0 Å². The predicted molar refractivity (Wildman–Crippen MR) is 48.7 cm³/mol. The van der Waals surface area contributed by atoms with Crippen LogP contribution in [0.25, 0.3) is 0 Å². The summed E-state index contributed by atoms with van der Waals surface area (Å²) in [7, 11) is 0. The molecule has 0 radical (unpaired) electrons. The van der Waals surface area contributed by atoms with Gasteiger partial charge in [0.25, 0.3) is 0 Å². The SMILES string of the molecule is C=CCN1CCN(CC#N)CC1. The molecule has 0 aliphatic carbocycles. The monoisotopic (exact) mass is 165 g/mol. The predicted octanol–water partition coefficient (Wildman–Crippen LogP) is 0.314. The van der Waals surface area contributed by atoms with Gasteiger partial charge in [0, 0.05) is 32.7 Å². The second kappa shape index (κ2) is 4.91. The summed E-state index contributed by atoms with van der Waals surface area (Å²) in [6, 6.07) is 2.17. The van der Waals surface area contributed by atoms with E-state index in [9.17, 15) is 0 Å². The van der Waals surface area contributed by atoms with Crippen molar-refractivity contribution in [3.05, 3.63) is 12.7 Å². The van der Waals surface area contributed by atoms with Crippen LogP contribution in [0.1, 0.15) is 0 Å². The van der Waals surface area contributed by atoms with E-state index < -0.39 is 0 Å². The summed E-state index contributed by atoms with van der Waals surface area (Å²) >= 11 is 0. The Labute approximate surface area is 73.9 Å². The molecule has 3 nitrogen and oxygen atoms in total. The lowest BCUT2D eigenvalue weighted by atomic mass is 10.3. The van der Waals surface area contributed by atoms with Crippen LogP contribution in [0, 0.1) is 11.3 Å². The van der Waals surface area contributed by atoms with Crippen molar-refractivity contribution in [3.8, 4) is 6.07 Å². The fourth-order valence-electron chi connectivity index (χ4n) is 1.41. The number of piperazine rings is 1. The molecule has 0 aromatic rings. The molecule has 66 valence electrons. The van der Waals surface area contributed by atoms with E-state index in [0.717, 1.165) is 32.7 Å². The fraction of sp³-hybridized carbons (Fsp3) is 0.667. The van der Waals surface area contributed by atoms with Gasteiger partial charge in [0.15, 0.2) is 0 Å². The standard InChI is InChI=1S/C9H15N3/c1-2-4-11-6-8-12(5-3-10)9-7-11/h2H,1,4-9H2. The molecular formula is C9H15N3. The summed E-state index contributed by atoms with van der Waals surface area (Å²) in [5, 5.41) is 8.47. The first-order chi connectivity index (χ1) is 5.86. The molecule has 12 heavy (non-hydrogen) atoms. The molecule has 0 unspecified atom stereocenters. The van der Waals surface area contributed by atoms with Gasteiger partial charge in [-0.1, -0.05) is 6.08 Å². The zero-order valence-electron chi connectivity index (χ0n) is 7.37. The highest BCUT2D eigenvalue weighted by Crippen LogP contribution is 1.99. The maximum absolute atomic E-state index is 8.47. The molecule has 0 atom stereocenters. The second-order valence-corrected chi connectivity index (χ2v) is 3.02. The topological polar surface area (TPSA) is 30.3 Å². The molecule has 0 spiro atoms. The number of nitrogens with zero attached hydrogens (tertiary/aromatic N) is 3. The van der Waals surface area contributed by atoms with Crippen molar-refractivity contribution in [2.75, 3.05) is 39.3 Å². The van der Waals surface area contributed by atoms with Crippen molar-refractivity contribution in [3.63, 3.8) is 0 Å². The van der Waals surface area contributed by atoms with Crippen molar-refractivity contribution in [2.24, 2.45) is 0 Å². The van der Waals surface area contributed by atoms with E-state index in [1.54, 1.807) is 0 Å². The van der Waals surface area contributed by atoms with Crippen LogP contribution in [-0.4, -0.2) is 49.1 Å². The van der Waals surface area contributed by atoms with Gasteiger partial charge < -0.3 is 0 Å². The van der Waals surface area contributed by atoms with Crippen molar-refractivity contribution >= 4 is 0 Å². The Bertz CT molecular complexity index is 175. The summed E-state index contributed by atoms with van der Waals surface area (Å²) < 4.78 is 0. The zero-order chi connectivity index (χ0) is 8.81. The Hall–Kier alpha value is -0.850. The van der Waals surface area contributed by atoms with E-state index in [0.29, 0.717) is 6.54 Å². The first-order valence-electron chi connectivity index (χ1n) is 4.29. The van der Waals surface area contributed by atoms with Gasteiger partial charge in [-0.3, -0.25) is 9.80 Å². The lowest BCUT2D eigenvalue weighted by Gasteiger charge is -2.32. The number of hydrogen-bond acceptors (Lipinski definition) is 3. The summed E-state index contributed by atoms with van der Waals surface area (Å²) in [5.74, 6) is 0. The van der Waals surface area contributed by atoms with Gasteiger partial charge in [-0.2, -0.15) is 5.26 Å². The highest BCUT2D eigenvalue weighted by molar-refractivity contribution is 4.83. The van der Waals surface area contributed by atoms with E-state index in [-0.39, 0.29) is 0 Å². The third kappa shape index (κ3) is 2.65. The first kappa shape index (κ1) is 9.24. The molecule has 1 fully saturated rings. The fourth-order valence-corrected chi connectivity index (χ4v) is 1.41. The van der Waals surface area contributed by atoms with Crippen LogP contribution in [0.15, 0.2) is 12.7 Å². The van der Waals surface area contributed by atoms with E-state index in [4.69, 9.17) is 5.26 Å². The average molecular weight is 165 g/mol. The third-order valence-electron chi connectivity index (χ3n) is 2.15. The Morgan fingerprint density at radius 3 is 2.33 bits per heavy atom. The molecule has 1 rings (SSSR count). The molecule has 0 amide bonds. The van der Waals surface area contributed by atoms with Gasteiger partial charge >= 0.3 is 0 Å². The van der Waals surface area contributed by atoms with Crippen LogP contribution >= 0.6 is 0 Å². The average Bonchev–Trinajstić information content (AvgIpc) is 2.09. The van der Waals surface area contributed by atoms with Crippen LogP contribution in [0.5, 0.6) is 0 Å². The molecule has 1 saturated heterocycles. The summed E-state index contributed by atoms with van der Waals surface area (Å²) in [5.41, 5.74) is 0. The molecule has 0 N–H and O–H groups in total. The van der Waals surface area contributed by atoms with Crippen LogP contribution in [0.3, 0.4) is 0 Å². The Morgan fingerprint density at radius 2 is 1.83 bits per heavy atom. The molecule has 1 heterocycles. The van der Waals surface area contributed by atoms with Crippen LogP contribution in [0.4, 0.5) is 0 Å². The van der Waals surface area contributed by atoms with Gasteiger partial charge in [-0.05, 0) is 0 Å². The highest BCUT2D eigenvalue weighted by Gasteiger charge is 2.14. The molecule has 0 aromatic heterocycles.